The number of aliphatic imine (C=N–C) groups is 1. The lowest BCUT2D eigenvalue weighted by Crippen LogP contribution is -2.42. The normalized spacial score (nSPS) is 19.1. The summed E-state index contributed by atoms with van der Waals surface area (Å²) in [5, 5.41) is 3.07. The van der Waals surface area contributed by atoms with E-state index < -0.39 is 0 Å². The Morgan fingerprint density at radius 2 is 2.27 bits per heavy atom. The summed E-state index contributed by atoms with van der Waals surface area (Å²) in [4.78, 5) is 6.78. The summed E-state index contributed by atoms with van der Waals surface area (Å²) in [7, 11) is 2.17. The summed E-state index contributed by atoms with van der Waals surface area (Å²) < 4.78 is 0. The molecule has 1 rings (SSSR count). The van der Waals surface area contributed by atoms with Gasteiger partial charge in [0.05, 0.1) is 6.54 Å². The van der Waals surface area contributed by atoms with E-state index in [1.807, 2.05) is 6.92 Å². The lowest BCUT2D eigenvalue weighted by Gasteiger charge is -2.23. The van der Waals surface area contributed by atoms with E-state index >= 15 is 0 Å². The van der Waals surface area contributed by atoms with Gasteiger partial charge in [-0.15, -0.1) is 0 Å². The Morgan fingerprint density at radius 3 is 2.73 bits per heavy atom. The Kier molecular flexibility index (Phi) is 4.84. The minimum atomic E-state index is 0.472. The molecule has 15 heavy (non-hydrogen) atoms. The number of nitrogens with one attached hydrogen (secondary N) is 2. The van der Waals surface area contributed by atoms with Crippen LogP contribution in [0.2, 0.25) is 0 Å². The fourth-order valence-corrected chi connectivity index (χ4v) is 1.51. The first-order chi connectivity index (χ1) is 7.19. The second kappa shape index (κ2) is 5.92. The molecule has 0 aromatic heterocycles. The van der Waals surface area contributed by atoms with Gasteiger partial charge in [0.25, 0.3) is 0 Å². The van der Waals surface area contributed by atoms with Crippen molar-refractivity contribution in [2.24, 2.45) is 10.8 Å². The molecular weight excluding hydrogens is 190 g/mol. The minimum Gasteiger partial charge on any atom is -0.356 e. The predicted molar refractivity (Wildman–Crippen MR) is 63.5 cm³/mol. The summed E-state index contributed by atoms with van der Waals surface area (Å²) in [6.07, 6.45) is 2.67. The van der Waals surface area contributed by atoms with Gasteiger partial charge < -0.3 is 5.32 Å². The van der Waals surface area contributed by atoms with Crippen molar-refractivity contribution in [3.63, 3.8) is 0 Å². The van der Waals surface area contributed by atoms with Crippen molar-refractivity contribution in [3.05, 3.63) is 0 Å². The summed E-state index contributed by atoms with van der Waals surface area (Å²) in [5.41, 5.74) is 2.56. The van der Waals surface area contributed by atoms with Crippen LogP contribution in [0.5, 0.6) is 0 Å². The van der Waals surface area contributed by atoms with Crippen molar-refractivity contribution >= 4 is 5.96 Å². The molecule has 0 aromatic rings. The van der Waals surface area contributed by atoms with Crippen molar-refractivity contribution in [2.75, 3.05) is 20.1 Å². The number of hydrogen-bond acceptors (Lipinski definition) is 3. The number of hydrazine groups is 1. The highest BCUT2D eigenvalue weighted by molar-refractivity contribution is 5.79. The van der Waals surface area contributed by atoms with Gasteiger partial charge in [0.15, 0.2) is 0 Å². The molecule has 0 aromatic carbocycles. The lowest BCUT2D eigenvalue weighted by molar-refractivity contribution is 0.253. The number of rotatable bonds is 5. The Hall–Kier alpha value is -0.810. The van der Waals surface area contributed by atoms with Gasteiger partial charge in [0, 0.05) is 18.6 Å². The SMILES string of the molecule is CCNC(=NCC(C)N(C)C1CC1)NN. The van der Waals surface area contributed by atoms with Crippen LogP contribution in [0.25, 0.3) is 0 Å². The molecule has 5 heteroatoms. The zero-order valence-electron chi connectivity index (χ0n) is 9.95. The van der Waals surface area contributed by atoms with Gasteiger partial charge in [-0.2, -0.15) is 0 Å². The molecule has 0 radical (unpaired) electrons. The second-order valence-electron chi connectivity index (χ2n) is 4.11. The molecule has 0 bridgehead atoms. The van der Waals surface area contributed by atoms with Crippen LogP contribution in [0.15, 0.2) is 4.99 Å². The van der Waals surface area contributed by atoms with Gasteiger partial charge in [-0.05, 0) is 33.7 Å². The molecule has 0 amide bonds. The van der Waals surface area contributed by atoms with Crippen molar-refractivity contribution in [1.82, 2.24) is 15.6 Å². The highest BCUT2D eigenvalue weighted by Gasteiger charge is 2.28. The van der Waals surface area contributed by atoms with Gasteiger partial charge in [0.2, 0.25) is 5.96 Å². The first-order valence-electron chi connectivity index (χ1n) is 5.65. The monoisotopic (exact) mass is 213 g/mol. The molecule has 1 unspecified atom stereocenters. The number of nitrogens with zero attached hydrogens (tertiary/aromatic N) is 2. The molecule has 1 aliphatic carbocycles. The zero-order valence-corrected chi connectivity index (χ0v) is 9.95. The third-order valence-electron chi connectivity index (χ3n) is 2.81. The number of guanidine groups is 1. The summed E-state index contributed by atoms with van der Waals surface area (Å²) in [6, 6.07) is 1.25. The van der Waals surface area contributed by atoms with Crippen LogP contribution in [-0.4, -0.2) is 43.1 Å². The average molecular weight is 213 g/mol. The highest BCUT2D eigenvalue weighted by Crippen LogP contribution is 2.26. The van der Waals surface area contributed by atoms with Crippen LogP contribution in [0, 0.1) is 0 Å². The van der Waals surface area contributed by atoms with E-state index in [1.54, 1.807) is 0 Å². The van der Waals surface area contributed by atoms with Crippen LogP contribution >= 0.6 is 0 Å². The molecule has 1 saturated carbocycles. The Balaban J connectivity index is 2.31. The van der Waals surface area contributed by atoms with E-state index in [0.29, 0.717) is 12.0 Å². The molecule has 88 valence electrons. The molecule has 1 fully saturated rings. The maximum Gasteiger partial charge on any atom is 0.205 e. The second-order valence-corrected chi connectivity index (χ2v) is 4.11. The molecule has 0 heterocycles. The van der Waals surface area contributed by atoms with Crippen LogP contribution in [0.3, 0.4) is 0 Å². The van der Waals surface area contributed by atoms with Gasteiger partial charge in [-0.1, -0.05) is 0 Å². The Morgan fingerprint density at radius 1 is 1.60 bits per heavy atom. The minimum absolute atomic E-state index is 0.472. The molecule has 0 spiro atoms. The Bertz CT molecular complexity index is 212. The molecular formula is C10H23N5. The zero-order chi connectivity index (χ0) is 11.3. The molecule has 0 saturated heterocycles. The van der Waals surface area contributed by atoms with Gasteiger partial charge in [0.1, 0.15) is 0 Å². The van der Waals surface area contributed by atoms with Gasteiger partial charge in [-0.3, -0.25) is 15.3 Å². The number of likely N-dealkylation sites (N-methyl/N-ethyl adjacent to an activating group) is 1. The summed E-state index contributed by atoms with van der Waals surface area (Å²) in [6.45, 7) is 5.82. The maximum atomic E-state index is 5.34. The lowest BCUT2D eigenvalue weighted by atomic mass is 10.3. The fraction of sp³-hybridized carbons (Fsp3) is 0.900. The summed E-state index contributed by atoms with van der Waals surface area (Å²) >= 11 is 0. The number of nitrogens with two attached hydrogens (primary N) is 1. The van der Waals surface area contributed by atoms with Crippen molar-refractivity contribution < 1.29 is 0 Å². The van der Waals surface area contributed by atoms with Crippen LogP contribution in [0.1, 0.15) is 26.7 Å². The van der Waals surface area contributed by atoms with E-state index in [2.05, 4.69) is 34.6 Å². The maximum absolute atomic E-state index is 5.34. The summed E-state index contributed by atoms with van der Waals surface area (Å²) in [5.74, 6) is 6.01. The van der Waals surface area contributed by atoms with Crippen molar-refractivity contribution in [3.8, 4) is 0 Å². The van der Waals surface area contributed by atoms with Crippen LogP contribution in [0.4, 0.5) is 0 Å². The average Bonchev–Trinajstić information content (AvgIpc) is 3.06. The van der Waals surface area contributed by atoms with Crippen molar-refractivity contribution in [2.45, 2.75) is 38.8 Å². The number of hydrogen-bond donors (Lipinski definition) is 3. The quantitative estimate of drug-likeness (QED) is 0.258. The van der Waals surface area contributed by atoms with E-state index in [1.165, 1.54) is 12.8 Å². The van der Waals surface area contributed by atoms with E-state index in [4.69, 9.17) is 5.84 Å². The van der Waals surface area contributed by atoms with Crippen molar-refractivity contribution in [1.29, 1.82) is 0 Å². The molecule has 1 atom stereocenters. The van der Waals surface area contributed by atoms with Gasteiger partial charge in [-0.25, -0.2) is 5.84 Å². The van der Waals surface area contributed by atoms with E-state index in [0.717, 1.165) is 19.1 Å². The predicted octanol–water partition coefficient (Wildman–Crippen LogP) is -0.102. The molecule has 5 nitrogen and oxygen atoms in total. The highest BCUT2D eigenvalue weighted by atomic mass is 15.3. The smallest absolute Gasteiger partial charge is 0.205 e. The van der Waals surface area contributed by atoms with Crippen LogP contribution < -0.4 is 16.6 Å². The third-order valence-corrected chi connectivity index (χ3v) is 2.81. The first kappa shape index (κ1) is 12.3. The standard InChI is InChI=1S/C10H23N5/c1-4-12-10(14-11)13-7-8(2)15(3)9-5-6-9/h8-9H,4-7,11H2,1-3H3,(H2,12,13,14). The fourth-order valence-electron chi connectivity index (χ4n) is 1.51. The molecule has 4 N–H and O–H groups in total. The third kappa shape index (κ3) is 4.05. The van der Waals surface area contributed by atoms with E-state index in [9.17, 15) is 0 Å². The van der Waals surface area contributed by atoms with Gasteiger partial charge >= 0.3 is 0 Å². The first-order valence-corrected chi connectivity index (χ1v) is 5.65. The van der Waals surface area contributed by atoms with Crippen LogP contribution in [-0.2, 0) is 0 Å². The topological polar surface area (TPSA) is 65.7 Å². The molecule has 0 aliphatic heterocycles. The Labute approximate surface area is 92.1 Å². The van der Waals surface area contributed by atoms with E-state index in [-0.39, 0.29) is 0 Å². The molecule has 1 aliphatic rings. The largest absolute Gasteiger partial charge is 0.356 e.